The minimum atomic E-state index is -1.52. The molecule has 0 aliphatic heterocycles. The van der Waals surface area contributed by atoms with Crippen molar-refractivity contribution in [1.29, 1.82) is 0 Å². The zero-order valence-electron chi connectivity index (χ0n) is 8.94. The first-order chi connectivity index (χ1) is 8.32. The second kappa shape index (κ2) is 5.46. The molecule has 1 aromatic rings. The SMILES string of the molecule is C=C(Cl)CNc1cc(C(=O)O)c([N+](=O)[O-])cc1F. The van der Waals surface area contributed by atoms with Crippen LogP contribution in [0.2, 0.25) is 0 Å². The Balaban J connectivity index is 3.23. The summed E-state index contributed by atoms with van der Waals surface area (Å²) in [6, 6.07) is 1.39. The topological polar surface area (TPSA) is 92.5 Å². The summed E-state index contributed by atoms with van der Waals surface area (Å²) in [5.74, 6) is -2.46. The van der Waals surface area contributed by atoms with E-state index in [0.29, 0.717) is 6.07 Å². The molecule has 6 nitrogen and oxygen atoms in total. The third-order valence-electron chi connectivity index (χ3n) is 1.98. The van der Waals surface area contributed by atoms with E-state index in [0.717, 1.165) is 6.07 Å². The number of hydrogen-bond acceptors (Lipinski definition) is 4. The van der Waals surface area contributed by atoms with Crippen molar-refractivity contribution in [2.24, 2.45) is 0 Å². The maximum absolute atomic E-state index is 13.5. The van der Waals surface area contributed by atoms with Crippen LogP contribution in [0, 0.1) is 15.9 Å². The van der Waals surface area contributed by atoms with Crippen LogP contribution in [0.15, 0.2) is 23.7 Å². The number of nitrogens with one attached hydrogen (secondary N) is 1. The maximum Gasteiger partial charge on any atom is 0.342 e. The molecule has 0 saturated heterocycles. The monoisotopic (exact) mass is 274 g/mol. The molecule has 0 atom stereocenters. The number of aromatic carboxylic acids is 1. The van der Waals surface area contributed by atoms with Gasteiger partial charge in [-0.15, -0.1) is 0 Å². The van der Waals surface area contributed by atoms with Crippen LogP contribution in [0.1, 0.15) is 10.4 Å². The normalized spacial score (nSPS) is 9.89. The maximum atomic E-state index is 13.5. The minimum absolute atomic E-state index is 0.00927. The number of carbonyl (C=O) groups is 1. The molecule has 0 aromatic heterocycles. The van der Waals surface area contributed by atoms with E-state index in [9.17, 15) is 19.3 Å². The van der Waals surface area contributed by atoms with Crippen LogP contribution in [-0.4, -0.2) is 22.5 Å². The predicted octanol–water partition coefficient (Wildman–Crippen LogP) is 2.60. The van der Waals surface area contributed by atoms with Crippen molar-refractivity contribution in [3.8, 4) is 0 Å². The lowest BCUT2D eigenvalue weighted by molar-refractivity contribution is -0.385. The molecule has 0 radical (unpaired) electrons. The highest BCUT2D eigenvalue weighted by molar-refractivity contribution is 6.29. The molecular weight excluding hydrogens is 267 g/mol. The fraction of sp³-hybridized carbons (Fsp3) is 0.100. The summed E-state index contributed by atoms with van der Waals surface area (Å²) < 4.78 is 13.5. The molecule has 0 aliphatic rings. The molecule has 8 heteroatoms. The molecule has 0 amide bonds. The van der Waals surface area contributed by atoms with E-state index in [1.165, 1.54) is 0 Å². The zero-order chi connectivity index (χ0) is 13.9. The van der Waals surface area contributed by atoms with Gasteiger partial charge >= 0.3 is 5.97 Å². The quantitative estimate of drug-likeness (QED) is 0.636. The highest BCUT2D eigenvalue weighted by atomic mass is 35.5. The van der Waals surface area contributed by atoms with E-state index < -0.39 is 28.0 Å². The Bertz CT molecular complexity index is 533. The molecule has 0 saturated carbocycles. The van der Waals surface area contributed by atoms with Gasteiger partial charge in [-0.25, -0.2) is 9.18 Å². The third kappa shape index (κ3) is 3.17. The number of hydrogen-bond donors (Lipinski definition) is 2. The van der Waals surface area contributed by atoms with Gasteiger partial charge in [0.1, 0.15) is 5.56 Å². The first-order valence-electron chi connectivity index (χ1n) is 4.61. The smallest absolute Gasteiger partial charge is 0.342 e. The first-order valence-corrected chi connectivity index (χ1v) is 4.99. The van der Waals surface area contributed by atoms with Crippen LogP contribution >= 0.6 is 11.6 Å². The average molecular weight is 275 g/mol. The number of carboxylic acids is 1. The van der Waals surface area contributed by atoms with Crippen molar-refractivity contribution in [1.82, 2.24) is 0 Å². The number of anilines is 1. The average Bonchev–Trinajstić information content (AvgIpc) is 2.26. The molecule has 1 rings (SSSR count). The van der Waals surface area contributed by atoms with E-state index >= 15 is 0 Å². The Hall–Kier alpha value is -2.15. The van der Waals surface area contributed by atoms with Crippen LogP contribution in [0.3, 0.4) is 0 Å². The lowest BCUT2D eigenvalue weighted by Crippen LogP contribution is -2.08. The van der Waals surface area contributed by atoms with Gasteiger partial charge in [-0.1, -0.05) is 18.2 Å². The molecule has 2 N–H and O–H groups in total. The van der Waals surface area contributed by atoms with Crippen molar-refractivity contribution in [3.05, 3.63) is 45.2 Å². The Morgan fingerprint density at radius 1 is 1.61 bits per heavy atom. The number of rotatable bonds is 5. The molecule has 0 aliphatic carbocycles. The molecular formula is C10H8ClFN2O4. The summed E-state index contributed by atoms with van der Waals surface area (Å²) in [5, 5.41) is 22.1. The van der Waals surface area contributed by atoms with Gasteiger partial charge in [0.25, 0.3) is 5.69 Å². The van der Waals surface area contributed by atoms with Crippen molar-refractivity contribution >= 4 is 28.9 Å². The zero-order valence-corrected chi connectivity index (χ0v) is 9.70. The summed E-state index contributed by atoms with van der Waals surface area (Å²) in [6.07, 6.45) is 0. The summed E-state index contributed by atoms with van der Waals surface area (Å²) in [6.45, 7) is 3.37. The van der Waals surface area contributed by atoms with Gasteiger partial charge in [-0.3, -0.25) is 10.1 Å². The molecule has 0 fully saturated rings. The fourth-order valence-electron chi connectivity index (χ4n) is 1.21. The molecule has 0 heterocycles. The van der Waals surface area contributed by atoms with Gasteiger partial charge < -0.3 is 10.4 Å². The number of carboxylic acid groups (broad SMARTS) is 1. The summed E-state index contributed by atoms with van der Waals surface area (Å²) in [5.41, 5.74) is -1.61. The molecule has 96 valence electrons. The Labute approximate surface area is 106 Å². The number of nitro benzene ring substituents is 1. The van der Waals surface area contributed by atoms with Crippen LogP contribution in [0.4, 0.5) is 15.8 Å². The lowest BCUT2D eigenvalue weighted by atomic mass is 10.1. The number of nitrogens with zero attached hydrogens (tertiary/aromatic N) is 1. The summed E-state index contributed by atoms with van der Waals surface area (Å²) in [7, 11) is 0. The van der Waals surface area contributed by atoms with Crippen LogP contribution < -0.4 is 5.32 Å². The molecule has 1 aromatic carbocycles. The molecule has 0 bridgehead atoms. The number of nitro groups is 1. The van der Waals surface area contributed by atoms with Gasteiger partial charge in [-0.05, 0) is 6.07 Å². The number of halogens is 2. The van der Waals surface area contributed by atoms with Crippen LogP contribution in [0.5, 0.6) is 0 Å². The van der Waals surface area contributed by atoms with Gasteiger partial charge in [0.05, 0.1) is 23.2 Å². The largest absolute Gasteiger partial charge is 0.477 e. The van der Waals surface area contributed by atoms with E-state index in [1.54, 1.807) is 0 Å². The van der Waals surface area contributed by atoms with Gasteiger partial charge in [0.2, 0.25) is 0 Å². The molecule has 0 spiro atoms. The number of benzene rings is 1. The second-order valence-electron chi connectivity index (χ2n) is 3.28. The minimum Gasteiger partial charge on any atom is -0.477 e. The Kier molecular flexibility index (Phi) is 4.22. The first kappa shape index (κ1) is 13.9. The predicted molar refractivity (Wildman–Crippen MR) is 63.5 cm³/mol. The van der Waals surface area contributed by atoms with Gasteiger partial charge in [0.15, 0.2) is 5.82 Å². The van der Waals surface area contributed by atoms with Crippen LogP contribution in [0.25, 0.3) is 0 Å². The van der Waals surface area contributed by atoms with Gasteiger partial charge in [0, 0.05) is 5.03 Å². The van der Waals surface area contributed by atoms with Crippen molar-refractivity contribution in [3.63, 3.8) is 0 Å². The third-order valence-corrected chi connectivity index (χ3v) is 2.12. The fourth-order valence-corrected chi connectivity index (χ4v) is 1.28. The highest BCUT2D eigenvalue weighted by Crippen LogP contribution is 2.26. The van der Waals surface area contributed by atoms with E-state index in [-0.39, 0.29) is 17.3 Å². The Morgan fingerprint density at radius 2 is 2.22 bits per heavy atom. The highest BCUT2D eigenvalue weighted by Gasteiger charge is 2.23. The molecule has 0 unspecified atom stereocenters. The molecule has 18 heavy (non-hydrogen) atoms. The van der Waals surface area contributed by atoms with Crippen molar-refractivity contribution in [2.75, 3.05) is 11.9 Å². The Morgan fingerprint density at radius 3 is 2.67 bits per heavy atom. The van der Waals surface area contributed by atoms with Gasteiger partial charge in [-0.2, -0.15) is 0 Å². The van der Waals surface area contributed by atoms with Crippen LogP contribution in [-0.2, 0) is 0 Å². The summed E-state index contributed by atoms with van der Waals surface area (Å²) >= 11 is 5.46. The van der Waals surface area contributed by atoms with Crippen molar-refractivity contribution < 1.29 is 19.2 Å². The van der Waals surface area contributed by atoms with E-state index in [2.05, 4.69) is 11.9 Å². The van der Waals surface area contributed by atoms with Crippen molar-refractivity contribution in [2.45, 2.75) is 0 Å². The standard InChI is InChI=1S/C10H8ClFN2O4/c1-5(11)4-13-8-2-6(10(15)16)9(14(17)18)3-7(8)12/h2-3,13H,1,4H2,(H,15,16). The summed E-state index contributed by atoms with van der Waals surface area (Å²) in [4.78, 5) is 20.4. The van der Waals surface area contributed by atoms with E-state index in [4.69, 9.17) is 16.7 Å². The lowest BCUT2D eigenvalue weighted by Gasteiger charge is -2.07. The second-order valence-corrected chi connectivity index (χ2v) is 3.82. The van der Waals surface area contributed by atoms with E-state index in [1.807, 2.05) is 0 Å².